The van der Waals surface area contributed by atoms with Crippen LogP contribution in [0, 0.1) is 12.8 Å². The topological polar surface area (TPSA) is 88.4 Å². The molecule has 1 heterocycles. The van der Waals surface area contributed by atoms with Gasteiger partial charge in [-0.25, -0.2) is 0 Å². The van der Waals surface area contributed by atoms with E-state index in [4.69, 9.17) is 5.11 Å². The second kappa shape index (κ2) is 11.7. The number of anilines is 1. The summed E-state index contributed by atoms with van der Waals surface area (Å²) in [6, 6.07) is 23.3. The van der Waals surface area contributed by atoms with Crippen LogP contribution in [0.25, 0.3) is 10.8 Å². The van der Waals surface area contributed by atoms with E-state index in [1.807, 2.05) is 85.9 Å². The molecule has 1 unspecified atom stereocenters. The third-order valence-electron chi connectivity index (χ3n) is 8.04. The zero-order valence-corrected chi connectivity index (χ0v) is 22.2. The van der Waals surface area contributed by atoms with Crippen LogP contribution in [0.4, 0.5) is 5.69 Å². The minimum atomic E-state index is -0.834. The molecule has 0 radical (unpaired) electrons. The Morgan fingerprint density at radius 1 is 0.974 bits per heavy atom. The first kappa shape index (κ1) is 26.4. The second-order valence-electron chi connectivity index (χ2n) is 10.6. The van der Waals surface area contributed by atoms with Crippen LogP contribution in [0.15, 0.2) is 83.8 Å². The van der Waals surface area contributed by atoms with Crippen molar-refractivity contribution in [2.45, 2.75) is 57.9 Å². The lowest BCUT2D eigenvalue weighted by Gasteiger charge is -2.24. The summed E-state index contributed by atoms with van der Waals surface area (Å²) in [4.78, 5) is 37.7. The fourth-order valence-corrected chi connectivity index (χ4v) is 5.85. The number of aromatic nitrogens is 1. The Morgan fingerprint density at radius 2 is 1.72 bits per heavy atom. The summed E-state index contributed by atoms with van der Waals surface area (Å²) in [5.74, 6) is -0.862. The number of pyridine rings is 1. The van der Waals surface area contributed by atoms with E-state index in [2.05, 4.69) is 5.32 Å². The third-order valence-corrected chi connectivity index (χ3v) is 8.04. The molecule has 1 amide bonds. The number of nitrogens with one attached hydrogen (secondary N) is 1. The smallest absolute Gasteiger partial charge is 0.303 e. The molecule has 0 aliphatic heterocycles. The van der Waals surface area contributed by atoms with E-state index in [1.165, 1.54) is 0 Å². The van der Waals surface area contributed by atoms with Crippen LogP contribution >= 0.6 is 0 Å². The molecule has 5 rings (SSSR count). The Hall–Kier alpha value is -4.19. The van der Waals surface area contributed by atoms with Gasteiger partial charge in [0.05, 0.1) is 12.5 Å². The molecule has 1 aliphatic rings. The number of aliphatic carboxylic acids is 1. The Balaban J connectivity index is 1.36. The molecule has 6 nitrogen and oxygen atoms in total. The van der Waals surface area contributed by atoms with Crippen molar-refractivity contribution in [3.8, 4) is 0 Å². The summed E-state index contributed by atoms with van der Waals surface area (Å²) >= 11 is 0. The lowest BCUT2D eigenvalue weighted by molar-refractivity contribution is -0.137. The molecule has 1 fully saturated rings. The Morgan fingerprint density at radius 3 is 2.46 bits per heavy atom. The maximum Gasteiger partial charge on any atom is 0.303 e. The molecule has 200 valence electrons. The van der Waals surface area contributed by atoms with Crippen LogP contribution in [-0.4, -0.2) is 21.6 Å². The predicted molar refractivity (Wildman–Crippen MR) is 154 cm³/mol. The Bertz CT molecular complexity index is 1550. The monoisotopic (exact) mass is 522 g/mol. The van der Waals surface area contributed by atoms with Gasteiger partial charge in [0.2, 0.25) is 5.91 Å². The fraction of sp³-hybridized carbons (Fsp3) is 0.303. The summed E-state index contributed by atoms with van der Waals surface area (Å²) in [7, 11) is 0. The van der Waals surface area contributed by atoms with E-state index in [1.54, 1.807) is 4.57 Å². The summed E-state index contributed by atoms with van der Waals surface area (Å²) in [6.45, 7) is 2.40. The normalized spacial score (nSPS) is 14.4. The van der Waals surface area contributed by atoms with Gasteiger partial charge in [-0.1, -0.05) is 67.4 Å². The van der Waals surface area contributed by atoms with E-state index in [-0.39, 0.29) is 29.7 Å². The van der Waals surface area contributed by atoms with E-state index in [0.717, 1.165) is 59.0 Å². The number of hydrogen-bond donors (Lipinski definition) is 2. The van der Waals surface area contributed by atoms with Gasteiger partial charge in [-0.15, -0.1) is 0 Å². The number of amides is 1. The number of rotatable bonds is 9. The summed E-state index contributed by atoms with van der Waals surface area (Å²) in [5, 5.41) is 13.9. The van der Waals surface area contributed by atoms with Gasteiger partial charge in [0, 0.05) is 23.7 Å². The van der Waals surface area contributed by atoms with Crippen LogP contribution in [-0.2, 0) is 22.6 Å². The molecule has 1 saturated carbocycles. The van der Waals surface area contributed by atoms with Crippen molar-refractivity contribution in [1.82, 2.24) is 4.57 Å². The number of carbonyl (C=O) groups excluding carboxylic acids is 1. The molecule has 6 heteroatoms. The Labute approximate surface area is 228 Å². The summed E-state index contributed by atoms with van der Waals surface area (Å²) < 4.78 is 1.72. The summed E-state index contributed by atoms with van der Waals surface area (Å²) in [6.07, 6.45) is 6.61. The first-order chi connectivity index (χ1) is 18.9. The predicted octanol–water partition coefficient (Wildman–Crippen LogP) is 6.29. The number of aryl methyl sites for hydroxylation is 1. The molecule has 2 N–H and O–H groups in total. The van der Waals surface area contributed by atoms with E-state index in [0.29, 0.717) is 18.4 Å². The maximum atomic E-state index is 13.7. The van der Waals surface area contributed by atoms with Crippen molar-refractivity contribution in [1.29, 1.82) is 0 Å². The van der Waals surface area contributed by atoms with Crippen molar-refractivity contribution in [2.75, 3.05) is 5.32 Å². The lowest BCUT2D eigenvalue weighted by atomic mass is 9.83. The zero-order chi connectivity index (χ0) is 27.4. The van der Waals surface area contributed by atoms with Gasteiger partial charge in [0.15, 0.2) is 0 Å². The van der Waals surface area contributed by atoms with E-state index < -0.39 is 5.97 Å². The molecular weight excluding hydrogens is 488 g/mol. The minimum absolute atomic E-state index is 0.0126. The Kier molecular flexibility index (Phi) is 7.92. The molecule has 1 aromatic heterocycles. The number of carbonyl (C=O) groups is 2. The summed E-state index contributed by atoms with van der Waals surface area (Å²) in [5.41, 5.74) is 4.55. The van der Waals surface area contributed by atoms with Crippen molar-refractivity contribution < 1.29 is 14.7 Å². The number of benzene rings is 3. The quantitative estimate of drug-likeness (QED) is 0.270. The average molecular weight is 523 g/mol. The van der Waals surface area contributed by atoms with Crippen LogP contribution in [0.3, 0.4) is 0 Å². The molecule has 0 spiro atoms. The molecule has 0 bridgehead atoms. The molecule has 39 heavy (non-hydrogen) atoms. The highest BCUT2D eigenvalue weighted by Gasteiger charge is 2.32. The maximum absolute atomic E-state index is 13.7. The first-order valence-electron chi connectivity index (χ1n) is 13.7. The van der Waals surface area contributed by atoms with E-state index >= 15 is 0 Å². The fourth-order valence-electron chi connectivity index (χ4n) is 5.85. The van der Waals surface area contributed by atoms with Crippen LogP contribution < -0.4 is 10.9 Å². The zero-order valence-electron chi connectivity index (χ0n) is 22.2. The molecular formula is C33H34N2O4. The van der Waals surface area contributed by atoms with Gasteiger partial charge in [0.1, 0.15) is 0 Å². The first-order valence-corrected chi connectivity index (χ1v) is 13.7. The largest absolute Gasteiger partial charge is 0.481 e. The molecule has 4 aromatic rings. The highest BCUT2D eigenvalue weighted by Crippen LogP contribution is 2.38. The van der Waals surface area contributed by atoms with Crippen molar-refractivity contribution in [3.05, 3.63) is 112 Å². The van der Waals surface area contributed by atoms with Crippen LogP contribution in [0.1, 0.15) is 60.3 Å². The average Bonchev–Trinajstić information content (AvgIpc) is 3.46. The van der Waals surface area contributed by atoms with Crippen molar-refractivity contribution in [3.63, 3.8) is 0 Å². The molecule has 3 aromatic carbocycles. The van der Waals surface area contributed by atoms with Gasteiger partial charge in [-0.05, 0) is 77.9 Å². The highest BCUT2D eigenvalue weighted by atomic mass is 16.4. The number of carboxylic acid groups (broad SMARTS) is 1. The van der Waals surface area contributed by atoms with Gasteiger partial charge in [-0.2, -0.15) is 0 Å². The molecule has 0 saturated heterocycles. The van der Waals surface area contributed by atoms with Gasteiger partial charge < -0.3 is 15.0 Å². The van der Waals surface area contributed by atoms with Gasteiger partial charge >= 0.3 is 5.97 Å². The van der Waals surface area contributed by atoms with Crippen molar-refractivity contribution in [2.24, 2.45) is 5.92 Å². The number of carboxylic acids is 1. The standard InChI is InChI=1S/C33H34N2O4/c1-22-24(17-18-30(36)37)10-6-12-29(22)34-32(38)31(26-8-2-3-9-26)27-15-13-23(14-16-27)21-35-20-19-25-7-4-5-11-28(25)33(35)39/h4-7,10-16,19-20,26,31H,2-3,8-9,17-18,21H2,1H3,(H,34,38)(H,36,37). The van der Waals surface area contributed by atoms with Gasteiger partial charge in [0.25, 0.3) is 5.56 Å². The SMILES string of the molecule is Cc1c(CCC(=O)O)cccc1NC(=O)C(c1ccc(Cn2ccc3ccccc3c2=O)cc1)C1CCCC1. The molecule has 1 aliphatic carbocycles. The molecule has 1 atom stereocenters. The van der Waals surface area contributed by atoms with Crippen LogP contribution in [0.2, 0.25) is 0 Å². The lowest BCUT2D eigenvalue weighted by Crippen LogP contribution is -2.27. The second-order valence-corrected chi connectivity index (χ2v) is 10.6. The number of hydrogen-bond acceptors (Lipinski definition) is 3. The number of nitrogens with zero attached hydrogens (tertiary/aromatic N) is 1. The van der Waals surface area contributed by atoms with E-state index in [9.17, 15) is 14.4 Å². The van der Waals surface area contributed by atoms with Crippen LogP contribution in [0.5, 0.6) is 0 Å². The van der Waals surface area contributed by atoms with Crippen molar-refractivity contribution >= 4 is 28.3 Å². The van der Waals surface area contributed by atoms with Gasteiger partial charge in [-0.3, -0.25) is 14.4 Å². The number of fused-ring (bicyclic) bond motifs is 1. The third kappa shape index (κ3) is 5.95. The highest BCUT2D eigenvalue weighted by molar-refractivity contribution is 5.97. The minimum Gasteiger partial charge on any atom is -0.481 e.